The molecule has 0 aliphatic carbocycles. The minimum absolute atomic E-state index is 0.0994. The molecular weight excluding hydrogens is 424 g/mol. The second-order valence-electron chi connectivity index (χ2n) is 7.93. The summed E-state index contributed by atoms with van der Waals surface area (Å²) < 4.78 is 6.03. The lowest BCUT2D eigenvalue weighted by atomic mass is 10.0. The molecule has 0 spiro atoms. The Morgan fingerprint density at radius 1 is 1.12 bits per heavy atom. The summed E-state index contributed by atoms with van der Waals surface area (Å²) in [7, 11) is -0.296. The Balaban J connectivity index is 2.10. The van der Waals surface area contributed by atoms with Crippen LogP contribution in [-0.2, 0) is 5.75 Å². The second-order valence-corrected chi connectivity index (χ2v) is 9.68. The molecule has 2 rings (SSSR count). The number of carbonyl (C=O) groups is 1. The number of ketones is 1. The summed E-state index contributed by atoms with van der Waals surface area (Å²) in [5, 5.41) is 0. The summed E-state index contributed by atoms with van der Waals surface area (Å²) in [6, 6.07) is 14.1. The summed E-state index contributed by atoms with van der Waals surface area (Å²) in [4.78, 5) is 13.2. The van der Waals surface area contributed by atoms with Crippen LogP contribution in [0.5, 0.6) is 5.75 Å². The number of aryl methyl sites for hydroxylation is 1. The van der Waals surface area contributed by atoms with Crippen molar-refractivity contribution in [3.05, 3.63) is 119 Å². The minimum atomic E-state index is -0.296. The minimum Gasteiger partial charge on any atom is -0.489 e. The third-order valence-electron chi connectivity index (χ3n) is 5.15. The topological polar surface area (TPSA) is 26.3 Å². The lowest BCUT2D eigenvalue weighted by Crippen LogP contribution is -2.02. The van der Waals surface area contributed by atoms with E-state index in [1.807, 2.05) is 81.5 Å². The number of carbonyl (C=O) groups excluding carboxylic acids is 1. The molecule has 0 saturated carbocycles. The summed E-state index contributed by atoms with van der Waals surface area (Å²) in [6.45, 7) is 16.0. The zero-order chi connectivity index (χ0) is 24.4. The van der Waals surface area contributed by atoms with Crippen LogP contribution in [0, 0.1) is 6.92 Å². The zero-order valence-corrected chi connectivity index (χ0v) is 21.0. The molecule has 0 fully saturated rings. The van der Waals surface area contributed by atoms with Gasteiger partial charge in [-0.05, 0) is 73.7 Å². The van der Waals surface area contributed by atoms with Crippen molar-refractivity contribution in [1.29, 1.82) is 0 Å². The maximum atomic E-state index is 12.1. The van der Waals surface area contributed by atoms with Gasteiger partial charge < -0.3 is 4.74 Å². The third-order valence-corrected chi connectivity index (χ3v) is 6.73. The highest BCUT2D eigenvalue weighted by molar-refractivity contribution is 8.13. The van der Waals surface area contributed by atoms with E-state index in [2.05, 4.69) is 25.1 Å². The maximum absolute atomic E-state index is 12.1. The Morgan fingerprint density at radius 2 is 1.85 bits per heavy atom. The molecule has 0 aliphatic rings. The predicted octanol–water partition coefficient (Wildman–Crippen LogP) is 8.03. The monoisotopic (exact) mass is 458 g/mol. The summed E-state index contributed by atoms with van der Waals surface area (Å²) in [5.41, 5.74) is 5.88. The molecule has 0 aliphatic heterocycles. The Kier molecular flexibility index (Phi) is 10.1. The van der Waals surface area contributed by atoms with Crippen LogP contribution in [0.4, 0.5) is 0 Å². The first-order valence-corrected chi connectivity index (χ1v) is 12.5. The highest BCUT2D eigenvalue weighted by Crippen LogP contribution is 2.33. The molecule has 2 nitrogen and oxygen atoms in total. The first kappa shape index (κ1) is 26.1. The number of ether oxygens (including phenoxy) is 1. The standard InChI is InChI=1S/C30H34O2S/c1-8-12-23(4)26(9-2)18-17-22(3)20-32-28-15-11-16-29(19-28)33(7)21-27-14-10-13-24(5)30(27)25(6)31/h8-19H,2,4,7,20-21H2,1,3,5-6H3/b12-8-,22-17+,26-18-. The maximum Gasteiger partial charge on any atom is 0.160 e. The first-order chi connectivity index (χ1) is 15.8. The molecule has 0 radical (unpaired) electrons. The van der Waals surface area contributed by atoms with Gasteiger partial charge in [0.2, 0.25) is 0 Å². The molecule has 33 heavy (non-hydrogen) atoms. The molecular formula is C30H34O2S. The van der Waals surface area contributed by atoms with Gasteiger partial charge in [-0.25, -0.2) is 0 Å². The van der Waals surface area contributed by atoms with E-state index in [1.54, 1.807) is 13.0 Å². The van der Waals surface area contributed by atoms with Gasteiger partial charge in [0.05, 0.1) is 0 Å². The van der Waals surface area contributed by atoms with Crippen LogP contribution in [0.3, 0.4) is 0 Å². The van der Waals surface area contributed by atoms with Gasteiger partial charge in [0.1, 0.15) is 12.4 Å². The SMILES string of the molecule is C=C/C(=C/C=C(\C)COc1cccc(S(=C)Cc2cccc(C)c2C(C)=O)c1)C(=C)/C=C\C. The van der Waals surface area contributed by atoms with Crippen LogP contribution in [0.25, 0.3) is 0 Å². The van der Waals surface area contributed by atoms with E-state index in [0.717, 1.165) is 49.8 Å². The van der Waals surface area contributed by atoms with E-state index in [0.29, 0.717) is 6.61 Å². The Morgan fingerprint density at radius 3 is 2.52 bits per heavy atom. The largest absolute Gasteiger partial charge is 0.489 e. The molecule has 2 aromatic carbocycles. The van der Waals surface area contributed by atoms with Crippen molar-refractivity contribution in [3.63, 3.8) is 0 Å². The van der Waals surface area contributed by atoms with E-state index < -0.39 is 0 Å². The molecule has 172 valence electrons. The van der Waals surface area contributed by atoms with E-state index in [-0.39, 0.29) is 16.3 Å². The smallest absolute Gasteiger partial charge is 0.160 e. The lowest BCUT2D eigenvalue weighted by molar-refractivity contribution is 0.101. The summed E-state index contributed by atoms with van der Waals surface area (Å²) in [5.74, 6) is 6.01. The molecule has 0 N–H and O–H groups in total. The van der Waals surface area contributed by atoms with Crippen LogP contribution in [0.2, 0.25) is 0 Å². The number of benzene rings is 2. The van der Waals surface area contributed by atoms with Gasteiger partial charge in [-0.1, -0.05) is 73.7 Å². The van der Waals surface area contributed by atoms with Crippen molar-refractivity contribution in [2.75, 3.05) is 6.61 Å². The van der Waals surface area contributed by atoms with Crippen LogP contribution in [0.1, 0.15) is 42.3 Å². The Bertz CT molecular complexity index is 1150. The molecule has 0 aromatic heterocycles. The fourth-order valence-corrected chi connectivity index (χ4v) is 4.78. The molecule has 2 aromatic rings. The molecule has 0 saturated heterocycles. The predicted molar refractivity (Wildman–Crippen MR) is 146 cm³/mol. The van der Waals surface area contributed by atoms with Crippen LogP contribution in [0.15, 0.2) is 108 Å². The van der Waals surface area contributed by atoms with E-state index in [4.69, 9.17) is 4.74 Å². The normalized spacial score (nSPS) is 13.1. The van der Waals surface area contributed by atoms with Crippen molar-refractivity contribution >= 4 is 22.1 Å². The molecule has 0 bridgehead atoms. The van der Waals surface area contributed by atoms with Crippen molar-refractivity contribution in [1.82, 2.24) is 0 Å². The Hall–Kier alpha value is -3.17. The number of rotatable bonds is 11. The van der Waals surface area contributed by atoms with Gasteiger partial charge in [-0.3, -0.25) is 4.79 Å². The van der Waals surface area contributed by atoms with Gasteiger partial charge in [-0.15, -0.1) is 0 Å². The lowest BCUT2D eigenvalue weighted by Gasteiger charge is -2.14. The molecule has 3 heteroatoms. The number of hydrogen-bond acceptors (Lipinski definition) is 2. The number of hydrogen-bond donors (Lipinski definition) is 0. The third kappa shape index (κ3) is 7.73. The van der Waals surface area contributed by atoms with Crippen molar-refractivity contribution < 1.29 is 9.53 Å². The molecule has 1 unspecified atom stereocenters. The van der Waals surface area contributed by atoms with Gasteiger partial charge in [0, 0.05) is 16.2 Å². The van der Waals surface area contributed by atoms with Crippen LogP contribution in [-0.4, -0.2) is 18.3 Å². The van der Waals surface area contributed by atoms with Crippen LogP contribution >= 0.6 is 10.5 Å². The van der Waals surface area contributed by atoms with E-state index in [9.17, 15) is 4.79 Å². The molecule has 0 heterocycles. The second kappa shape index (κ2) is 12.8. The van der Waals surface area contributed by atoms with Gasteiger partial charge in [-0.2, -0.15) is 10.5 Å². The first-order valence-electron chi connectivity index (χ1n) is 10.9. The average molecular weight is 459 g/mol. The van der Waals surface area contributed by atoms with Gasteiger partial charge in [0.25, 0.3) is 0 Å². The number of allylic oxidation sites excluding steroid dienone is 7. The fourth-order valence-electron chi connectivity index (χ4n) is 3.45. The zero-order valence-electron chi connectivity index (χ0n) is 20.2. The number of Topliss-reactive ketones (excluding diaryl/α,β-unsaturated/α-hetero) is 1. The highest BCUT2D eigenvalue weighted by atomic mass is 32.2. The van der Waals surface area contributed by atoms with Crippen molar-refractivity contribution in [2.24, 2.45) is 0 Å². The van der Waals surface area contributed by atoms with Crippen molar-refractivity contribution in [2.45, 2.75) is 38.3 Å². The molecule has 1 atom stereocenters. The van der Waals surface area contributed by atoms with Gasteiger partial charge in [0.15, 0.2) is 5.78 Å². The average Bonchev–Trinajstić information content (AvgIpc) is 2.78. The quantitative estimate of drug-likeness (QED) is 0.193. The van der Waals surface area contributed by atoms with Crippen LogP contribution < -0.4 is 4.74 Å². The van der Waals surface area contributed by atoms with E-state index >= 15 is 0 Å². The van der Waals surface area contributed by atoms with E-state index in [1.165, 1.54) is 0 Å². The summed E-state index contributed by atoms with van der Waals surface area (Å²) in [6.07, 6.45) is 9.76. The Labute approximate surface area is 201 Å². The highest BCUT2D eigenvalue weighted by Gasteiger charge is 2.11. The van der Waals surface area contributed by atoms with Crippen molar-refractivity contribution in [3.8, 4) is 5.75 Å². The van der Waals surface area contributed by atoms with Gasteiger partial charge >= 0.3 is 0 Å². The molecule has 0 amide bonds. The fraction of sp³-hybridized carbons (Fsp3) is 0.200. The summed E-state index contributed by atoms with van der Waals surface area (Å²) >= 11 is 0.